The van der Waals surface area contributed by atoms with Crippen LogP contribution in [0, 0.1) is 17.2 Å². The van der Waals surface area contributed by atoms with E-state index in [2.05, 4.69) is 22.4 Å². The molecule has 18 heavy (non-hydrogen) atoms. The fourth-order valence-electron chi connectivity index (χ4n) is 3.43. The largest absolute Gasteiger partial charge is 0.294 e. The first-order chi connectivity index (χ1) is 8.88. The molecule has 1 saturated carbocycles. The first-order valence-corrected chi connectivity index (χ1v) is 7.95. The number of hydrogen-bond donors (Lipinski definition) is 0. The summed E-state index contributed by atoms with van der Waals surface area (Å²) in [6, 6.07) is 5.34. The van der Waals surface area contributed by atoms with Crippen LogP contribution in [0.5, 0.6) is 0 Å². The number of thiophene rings is 1. The molecule has 0 spiro atoms. The Kier molecular flexibility index (Phi) is 3.67. The Morgan fingerprint density at radius 2 is 2.17 bits per heavy atom. The molecule has 2 nitrogen and oxygen atoms in total. The van der Waals surface area contributed by atoms with Crippen molar-refractivity contribution in [1.82, 2.24) is 4.90 Å². The summed E-state index contributed by atoms with van der Waals surface area (Å²) in [6.07, 6.45) is 7.36. The van der Waals surface area contributed by atoms with Crippen molar-refractivity contribution in [1.29, 1.82) is 5.26 Å². The maximum atomic E-state index is 9.40. The third-order valence-electron chi connectivity index (χ3n) is 4.45. The highest BCUT2D eigenvalue weighted by Gasteiger charge is 2.31. The minimum Gasteiger partial charge on any atom is -0.294 e. The molecule has 0 saturated heterocycles. The van der Waals surface area contributed by atoms with Crippen LogP contribution in [-0.2, 0) is 13.0 Å². The molecule has 2 aliphatic rings. The lowest BCUT2D eigenvalue weighted by Gasteiger charge is -2.36. The number of nitrogens with zero attached hydrogens (tertiary/aromatic N) is 2. The van der Waals surface area contributed by atoms with Gasteiger partial charge in [0, 0.05) is 24.0 Å². The summed E-state index contributed by atoms with van der Waals surface area (Å²) in [5.41, 5.74) is 1.51. The standard InChI is InChI=1S/C15H20N2S/c16-10-12-4-2-1-3-5-14(12)17-8-6-15-13(11-17)7-9-18-15/h7,9,12,14H,1-6,8,11H2. The minimum absolute atomic E-state index is 0.257. The maximum Gasteiger partial charge on any atom is 0.0672 e. The predicted molar refractivity (Wildman–Crippen MR) is 74.4 cm³/mol. The van der Waals surface area contributed by atoms with E-state index in [9.17, 15) is 5.26 Å². The Hall–Kier alpha value is -0.850. The van der Waals surface area contributed by atoms with Gasteiger partial charge in [0.25, 0.3) is 0 Å². The third kappa shape index (κ3) is 2.32. The molecule has 96 valence electrons. The second-order valence-corrected chi connectivity index (χ2v) is 6.53. The highest BCUT2D eigenvalue weighted by molar-refractivity contribution is 7.10. The molecular weight excluding hydrogens is 240 g/mol. The molecule has 1 aromatic rings. The molecule has 1 fully saturated rings. The average Bonchev–Trinajstić information content (AvgIpc) is 2.74. The van der Waals surface area contributed by atoms with Crippen LogP contribution in [0.1, 0.15) is 42.5 Å². The Morgan fingerprint density at radius 1 is 1.28 bits per heavy atom. The zero-order valence-corrected chi connectivity index (χ0v) is 11.6. The summed E-state index contributed by atoms with van der Waals surface area (Å²) in [5.74, 6) is 0.257. The van der Waals surface area contributed by atoms with Crippen LogP contribution >= 0.6 is 11.3 Å². The van der Waals surface area contributed by atoms with Gasteiger partial charge in [0.2, 0.25) is 0 Å². The van der Waals surface area contributed by atoms with Crippen LogP contribution in [0.4, 0.5) is 0 Å². The number of hydrogen-bond acceptors (Lipinski definition) is 3. The summed E-state index contributed by atoms with van der Waals surface area (Å²) in [6.45, 7) is 2.22. The molecule has 2 atom stereocenters. The van der Waals surface area contributed by atoms with Crippen molar-refractivity contribution < 1.29 is 0 Å². The molecule has 0 N–H and O–H groups in total. The highest BCUT2D eigenvalue weighted by atomic mass is 32.1. The molecule has 1 aliphatic heterocycles. The monoisotopic (exact) mass is 260 g/mol. The van der Waals surface area contributed by atoms with E-state index in [1.54, 1.807) is 4.88 Å². The number of fused-ring (bicyclic) bond motifs is 1. The Morgan fingerprint density at radius 3 is 3.06 bits per heavy atom. The molecular formula is C15H20N2S. The summed E-state index contributed by atoms with van der Waals surface area (Å²) < 4.78 is 0. The lowest BCUT2D eigenvalue weighted by molar-refractivity contribution is 0.139. The summed E-state index contributed by atoms with van der Waals surface area (Å²) in [4.78, 5) is 4.14. The van der Waals surface area contributed by atoms with Crippen LogP contribution in [-0.4, -0.2) is 17.5 Å². The quantitative estimate of drug-likeness (QED) is 0.722. The van der Waals surface area contributed by atoms with Crippen molar-refractivity contribution in [2.75, 3.05) is 6.54 Å². The minimum atomic E-state index is 0.257. The molecule has 2 unspecified atom stereocenters. The van der Waals surface area contributed by atoms with Gasteiger partial charge < -0.3 is 0 Å². The molecule has 0 bridgehead atoms. The van der Waals surface area contributed by atoms with Gasteiger partial charge in [-0.3, -0.25) is 4.90 Å². The number of rotatable bonds is 1. The molecule has 0 aromatic carbocycles. The van der Waals surface area contributed by atoms with Gasteiger partial charge in [-0.1, -0.05) is 19.3 Å². The first kappa shape index (κ1) is 12.2. The van der Waals surface area contributed by atoms with E-state index in [4.69, 9.17) is 0 Å². The van der Waals surface area contributed by atoms with Crippen LogP contribution in [0.3, 0.4) is 0 Å². The van der Waals surface area contributed by atoms with Crippen molar-refractivity contribution in [3.63, 3.8) is 0 Å². The smallest absolute Gasteiger partial charge is 0.0672 e. The van der Waals surface area contributed by atoms with Crippen molar-refractivity contribution in [3.05, 3.63) is 21.9 Å². The molecule has 3 heteroatoms. The fraction of sp³-hybridized carbons (Fsp3) is 0.667. The molecule has 1 aromatic heterocycles. The van der Waals surface area contributed by atoms with Crippen molar-refractivity contribution in [2.45, 2.75) is 51.1 Å². The van der Waals surface area contributed by atoms with Crippen molar-refractivity contribution in [2.24, 2.45) is 5.92 Å². The van der Waals surface area contributed by atoms with E-state index in [-0.39, 0.29) is 5.92 Å². The van der Waals surface area contributed by atoms with E-state index < -0.39 is 0 Å². The molecule has 0 radical (unpaired) electrons. The van der Waals surface area contributed by atoms with Gasteiger partial charge in [-0.15, -0.1) is 11.3 Å². The van der Waals surface area contributed by atoms with Gasteiger partial charge in [-0.05, 0) is 36.3 Å². The predicted octanol–water partition coefficient (Wildman–Crippen LogP) is 3.58. The third-order valence-corrected chi connectivity index (χ3v) is 5.47. The SMILES string of the molecule is N#CC1CCCCCC1N1CCc2sccc2C1. The van der Waals surface area contributed by atoms with Gasteiger partial charge in [-0.25, -0.2) is 0 Å². The Balaban J connectivity index is 1.76. The van der Waals surface area contributed by atoms with E-state index in [0.29, 0.717) is 6.04 Å². The lowest BCUT2D eigenvalue weighted by Crippen LogP contribution is -2.42. The van der Waals surface area contributed by atoms with Crippen molar-refractivity contribution >= 4 is 11.3 Å². The van der Waals surface area contributed by atoms with Gasteiger partial charge >= 0.3 is 0 Å². The Bertz CT molecular complexity index is 446. The first-order valence-electron chi connectivity index (χ1n) is 7.07. The van der Waals surface area contributed by atoms with Gasteiger partial charge in [0.1, 0.15) is 0 Å². The normalized spacial score (nSPS) is 29.3. The van der Waals surface area contributed by atoms with Crippen LogP contribution in [0.2, 0.25) is 0 Å². The topological polar surface area (TPSA) is 27.0 Å². The van der Waals surface area contributed by atoms with E-state index >= 15 is 0 Å². The second-order valence-electron chi connectivity index (χ2n) is 5.53. The van der Waals surface area contributed by atoms with E-state index in [1.165, 1.54) is 37.7 Å². The van der Waals surface area contributed by atoms with Gasteiger partial charge in [0.05, 0.1) is 12.0 Å². The second kappa shape index (κ2) is 5.42. The molecule has 2 heterocycles. The lowest BCUT2D eigenvalue weighted by atomic mass is 9.93. The molecule has 3 rings (SSSR count). The summed E-state index contributed by atoms with van der Waals surface area (Å²) in [5, 5.41) is 11.6. The van der Waals surface area contributed by atoms with E-state index in [1.807, 2.05) is 11.3 Å². The Labute approximate surface area is 113 Å². The fourth-order valence-corrected chi connectivity index (χ4v) is 4.32. The summed E-state index contributed by atoms with van der Waals surface area (Å²) in [7, 11) is 0. The van der Waals surface area contributed by atoms with Gasteiger partial charge in [-0.2, -0.15) is 5.26 Å². The zero-order valence-electron chi connectivity index (χ0n) is 10.8. The molecule has 1 aliphatic carbocycles. The number of nitriles is 1. The summed E-state index contributed by atoms with van der Waals surface area (Å²) >= 11 is 1.89. The van der Waals surface area contributed by atoms with Crippen LogP contribution < -0.4 is 0 Å². The van der Waals surface area contributed by atoms with Crippen LogP contribution in [0.15, 0.2) is 11.4 Å². The van der Waals surface area contributed by atoms with Gasteiger partial charge in [0.15, 0.2) is 0 Å². The zero-order chi connectivity index (χ0) is 12.4. The molecule has 0 amide bonds. The maximum absolute atomic E-state index is 9.40. The van der Waals surface area contributed by atoms with Crippen LogP contribution in [0.25, 0.3) is 0 Å². The average molecular weight is 260 g/mol. The highest BCUT2D eigenvalue weighted by Crippen LogP contribution is 2.32. The van der Waals surface area contributed by atoms with E-state index in [0.717, 1.165) is 19.5 Å². The van der Waals surface area contributed by atoms with Crippen molar-refractivity contribution in [3.8, 4) is 6.07 Å².